The fraction of sp³-hybridized carbons (Fsp3) is 0.207. The first-order chi connectivity index (χ1) is 19.7. The third kappa shape index (κ3) is 6.28. The summed E-state index contributed by atoms with van der Waals surface area (Å²) >= 11 is 6.39. The topological polar surface area (TPSA) is 134 Å². The summed E-state index contributed by atoms with van der Waals surface area (Å²) in [4.78, 5) is 45.2. The number of pyridine rings is 1. The molecule has 42 heavy (non-hydrogen) atoms. The Bertz CT molecular complexity index is 1640. The van der Waals surface area contributed by atoms with Crippen LogP contribution in [0.3, 0.4) is 0 Å². The molecule has 0 aliphatic carbocycles. The first kappa shape index (κ1) is 30.3. The number of halogens is 4. The van der Waals surface area contributed by atoms with E-state index in [-0.39, 0.29) is 27.7 Å². The molecule has 4 aromatic rings. The first-order valence-electron chi connectivity index (χ1n) is 12.5. The predicted molar refractivity (Wildman–Crippen MR) is 148 cm³/mol. The molecular weight excluding hydrogens is 577 g/mol. The average Bonchev–Trinajstić information content (AvgIpc) is 3.40. The second kappa shape index (κ2) is 11.6. The van der Waals surface area contributed by atoms with Crippen molar-refractivity contribution in [1.82, 2.24) is 15.3 Å². The molecule has 1 unspecified atom stereocenters. The number of hydrogen-bond donors (Lipinski definition) is 3. The van der Waals surface area contributed by atoms with E-state index >= 15 is 0 Å². The second-order valence-corrected chi connectivity index (χ2v) is 10.2. The molecular formula is C29H24ClF3N4O5. The van der Waals surface area contributed by atoms with Crippen LogP contribution in [0.15, 0.2) is 71.3 Å². The van der Waals surface area contributed by atoms with Gasteiger partial charge in [0.25, 0.3) is 11.8 Å². The summed E-state index contributed by atoms with van der Waals surface area (Å²) in [5.41, 5.74) is -1.20. The molecule has 0 saturated heterocycles. The number of benzene rings is 2. The fourth-order valence-corrected chi connectivity index (χ4v) is 4.08. The molecule has 0 saturated carbocycles. The van der Waals surface area contributed by atoms with E-state index in [1.807, 2.05) is 0 Å². The molecule has 0 spiro atoms. The van der Waals surface area contributed by atoms with Gasteiger partial charge in [0.2, 0.25) is 11.7 Å². The minimum absolute atomic E-state index is 0.0786. The van der Waals surface area contributed by atoms with Crippen LogP contribution in [0.4, 0.5) is 18.9 Å². The van der Waals surface area contributed by atoms with Crippen molar-refractivity contribution in [3.05, 3.63) is 88.9 Å². The number of carbonyl (C=O) groups is 3. The minimum Gasteiger partial charge on any atom is -0.480 e. The number of aliphatic carboxylic acids is 1. The molecule has 2 heterocycles. The molecule has 218 valence electrons. The molecule has 2 aromatic heterocycles. The van der Waals surface area contributed by atoms with Gasteiger partial charge in [-0.15, -0.1) is 0 Å². The Hall–Kier alpha value is -4.71. The third-order valence-electron chi connectivity index (χ3n) is 6.62. The van der Waals surface area contributed by atoms with Gasteiger partial charge >= 0.3 is 12.1 Å². The number of carbonyl (C=O) groups excluding carboxylic acids is 2. The van der Waals surface area contributed by atoms with Crippen LogP contribution in [0, 0.1) is 5.92 Å². The van der Waals surface area contributed by atoms with Crippen LogP contribution in [-0.2, 0) is 11.0 Å². The van der Waals surface area contributed by atoms with Crippen LogP contribution >= 0.6 is 11.6 Å². The Balaban J connectivity index is 1.52. The summed E-state index contributed by atoms with van der Waals surface area (Å²) < 4.78 is 45.7. The number of alkyl halides is 3. The average molecular weight is 601 g/mol. The van der Waals surface area contributed by atoms with Crippen molar-refractivity contribution in [2.24, 2.45) is 5.92 Å². The highest BCUT2D eigenvalue weighted by molar-refractivity contribution is 6.33. The molecule has 0 aliphatic heterocycles. The van der Waals surface area contributed by atoms with Gasteiger partial charge in [-0.25, -0.2) is 9.78 Å². The Morgan fingerprint density at radius 3 is 2.24 bits per heavy atom. The summed E-state index contributed by atoms with van der Waals surface area (Å²) in [5, 5.41) is 14.5. The number of carboxylic acids is 1. The van der Waals surface area contributed by atoms with Crippen molar-refractivity contribution >= 4 is 35.1 Å². The minimum atomic E-state index is -4.96. The fourth-order valence-electron chi connectivity index (χ4n) is 3.80. The molecule has 0 aliphatic rings. The van der Waals surface area contributed by atoms with E-state index in [1.54, 1.807) is 32.0 Å². The quantitative estimate of drug-likeness (QED) is 0.208. The zero-order valence-corrected chi connectivity index (χ0v) is 23.2. The molecule has 9 nitrogen and oxygen atoms in total. The SMILES string of the molecule is CC(C)C(C)(NC(=O)c1ccc(-c2ccc(NC(=O)c3nc(-c4ccccc4)oc3C(F)(F)F)cn2)c(Cl)c1)C(=O)O. The number of anilines is 1. The number of oxazole rings is 1. The predicted octanol–water partition coefficient (Wildman–Crippen LogP) is 6.56. The molecule has 2 amide bonds. The zero-order chi connectivity index (χ0) is 30.8. The molecule has 0 radical (unpaired) electrons. The Morgan fingerprint density at radius 2 is 1.69 bits per heavy atom. The van der Waals surface area contributed by atoms with E-state index < -0.39 is 46.9 Å². The van der Waals surface area contributed by atoms with Gasteiger partial charge in [0.15, 0.2) is 5.69 Å². The van der Waals surface area contributed by atoms with E-state index in [1.165, 1.54) is 55.6 Å². The number of aromatic nitrogens is 2. The van der Waals surface area contributed by atoms with Crippen molar-refractivity contribution in [2.45, 2.75) is 32.5 Å². The van der Waals surface area contributed by atoms with Crippen LogP contribution in [0.1, 0.15) is 47.4 Å². The highest BCUT2D eigenvalue weighted by Gasteiger charge is 2.42. The number of nitrogens with zero attached hydrogens (tertiary/aromatic N) is 2. The van der Waals surface area contributed by atoms with Crippen LogP contribution in [0.25, 0.3) is 22.7 Å². The molecule has 3 N–H and O–H groups in total. The van der Waals surface area contributed by atoms with Gasteiger partial charge in [-0.05, 0) is 49.2 Å². The zero-order valence-electron chi connectivity index (χ0n) is 22.4. The van der Waals surface area contributed by atoms with Crippen LogP contribution in [0.5, 0.6) is 0 Å². The summed E-state index contributed by atoms with van der Waals surface area (Å²) in [6.07, 6.45) is -3.74. The van der Waals surface area contributed by atoms with Crippen molar-refractivity contribution < 1.29 is 37.1 Å². The summed E-state index contributed by atoms with van der Waals surface area (Å²) in [6, 6.07) is 15.1. The van der Waals surface area contributed by atoms with Crippen molar-refractivity contribution in [2.75, 3.05) is 5.32 Å². The maximum absolute atomic E-state index is 13.6. The molecule has 0 bridgehead atoms. The summed E-state index contributed by atoms with van der Waals surface area (Å²) in [7, 11) is 0. The lowest BCUT2D eigenvalue weighted by atomic mass is 9.88. The summed E-state index contributed by atoms with van der Waals surface area (Å²) in [5.74, 6) is -5.24. The normalized spacial score (nSPS) is 13.0. The number of rotatable bonds is 8. The number of carboxylic acid groups (broad SMARTS) is 1. The third-order valence-corrected chi connectivity index (χ3v) is 6.93. The van der Waals surface area contributed by atoms with E-state index in [0.717, 1.165) is 0 Å². The van der Waals surface area contributed by atoms with Gasteiger partial charge in [0.1, 0.15) is 5.54 Å². The largest absolute Gasteiger partial charge is 0.480 e. The van der Waals surface area contributed by atoms with Crippen molar-refractivity contribution in [1.29, 1.82) is 0 Å². The van der Waals surface area contributed by atoms with Crippen LogP contribution in [0.2, 0.25) is 5.02 Å². The molecule has 0 fully saturated rings. The molecule has 2 aromatic carbocycles. The Kier molecular flexibility index (Phi) is 8.39. The van der Waals surface area contributed by atoms with E-state index in [0.29, 0.717) is 11.3 Å². The van der Waals surface area contributed by atoms with Gasteiger partial charge in [-0.1, -0.05) is 49.7 Å². The smallest absolute Gasteiger partial charge is 0.452 e. The van der Waals surface area contributed by atoms with Gasteiger partial charge in [-0.3, -0.25) is 14.6 Å². The molecule has 13 heteroatoms. The summed E-state index contributed by atoms with van der Waals surface area (Å²) in [6.45, 7) is 4.75. The standard InChI is InChI=1S/C29H24ClF3N4O5/c1-15(2)28(3,27(40)41)37-24(38)17-9-11-19(20(30)13-17)21-12-10-18(14-34-21)35-25(39)22-23(29(31,32)33)42-26(36-22)16-7-5-4-6-8-16/h4-15H,1-3H3,(H,35,39)(H,37,38)(H,40,41). The van der Waals surface area contributed by atoms with Gasteiger partial charge < -0.3 is 20.2 Å². The number of amides is 2. The monoisotopic (exact) mass is 600 g/mol. The van der Waals surface area contributed by atoms with E-state index in [9.17, 15) is 32.7 Å². The highest BCUT2D eigenvalue weighted by Crippen LogP contribution is 2.36. The highest BCUT2D eigenvalue weighted by atomic mass is 35.5. The number of nitrogens with one attached hydrogen (secondary N) is 2. The Morgan fingerprint density at radius 1 is 1.00 bits per heavy atom. The lowest BCUT2D eigenvalue weighted by Crippen LogP contribution is -2.55. The van der Waals surface area contributed by atoms with Gasteiger partial charge in [0, 0.05) is 16.7 Å². The Labute approximate surface area is 242 Å². The maximum atomic E-state index is 13.6. The lowest BCUT2D eigenvalue weighted by molar-refractivity contribution is -0.153. The maximum Gasteiger partial charge on any atom is 0.452 e. The van der Waals surface area contributed by atoms with Crippen LogP contribution in [-0.4, -0.2) is 38.4 Å². The van der Waals surface area contributed by atoms with Crippen molar-refractivity contribution in [3.8, 4) is 22.7 Å². The van der Waals surface area contributed by atoms with E-state index in [4.69, 9.17) is 16.0 Å². The van der Waals surface area contributed by atoms with Gasteiger partial charge in [-0.2, -0.15) is 13.2 Å². The van der Waals surface area contributed by atoms with Crippen LogP contribution < -0.4 is 10.6 Å². The first-order valence-corrected chi connectivity index (χ1v) is 12.8. The van der Waals surface area contributed by atoms with E-state index in [2.05, 4.69) is 20.6 Å². The number of hydrogen-bond acceptors (Lipinski definition) is 6. The molecule has 4 rings (SSSR count). The van der Waals surface area contributed by atoms with Gasteiger partial charge in [0.05, 0.1) is 22.6 Å². The second-order valence-electron chi connectivity index (χ2n) is 9.76. The molecule has 1 atom stereocenters. The van der Waals surface area contributed by atoms with Crippen molar-refractivity contribution in [3.63, 3.8) is 0 Å². The lowest BCUT2D eigenvalue weighted by Gasteiger charge is -2.30.